The van der Waals surface area contributed by atoms with Crippen molar-refractivity contribution in [2.24, 2.45) is 0 Å². The first kappa shape index (κ1) is 23.5. The predicted octanol–water partition coefficient (Wildman–Crippen LogP) is 4.57. The average Bonchev–Trinajstić information content (AvgIpc) is 2.67. The van der Waals surface area contributed by atoms with Crippen molar-refractivity contribution in [1.29, 1.82) is 0 Å². The van der Waals surface area contributed by atoms with Crippen LogP contribution in [0.1, 0.15) is 23.6 Å². The van der Waals surface area contributed by atoms with Crippen molar-refractivity contribution >= 4 is 19.4 Å². The third-order valence-corrected chi connectivity index (χ3v) is 5.42. The molecular weight excluding hydrogens is 405 g/mol. The van der Waals surface area contributed by atoms with Gasteiger partial charge in [-0.3, -0.25) is 9.46 Å². The highest BCUT2D eigenvalue weighted by Crippen LogP contribution is 2.40. The molecule has 2 aromatic rings. The molecule has 0 spiro atoms. The minimum atomic E-state index is -2.71. The molecule has 0 radical (unpaired) electrons. The maximum absolute atomic E-state index is 12.5. The lowest BCUT2D eigenvalue weighted by atomic mass is 9.91. The summed E-state index contributed by atoms with van der Waals surface area (Å²) in [4.78, 5) is 25.7. The van der Waals surface area contributed by atoms with Crippen LogP contribution in [0.4, 0.5) is 4.79 Å². The molecule has 0 saturated heterocycles. The second-order valence-electron chi connectivity index (χ2n) is 7.80. The second kappa shape index (κ2) is 9.35. The number of amides is 1. The SMILES string of the molecule is Cc1cc(C[C@@](C)(C(=O)O)N(C)C(=O)OCc2ccccc2)ccc1OP(C)(C)=O. The average molecular weight is 433 g/mol. The zero-order valence-electron chi connectivity index (χ0n) is 17.9. The molecule has 0 fully saturated rings. The van der Waals surface area contributed by atoms with Crippen molar-refractivity contribution in [3.05, 3.63) is 65.2 Å². The van der Waals surface area contributed by atoms with Gasteiger partial charge in [0.25, 0.3) is 0 Å². The van der Waals surface area contributed by atoms with Gasteiger partial charge in [0.15, 0.2) is 0 Å². The van der Waals surface area contributed by atoms with Gasteiger partial charge in [0.1, 0.15) is 17.9 Å². The van der Waals surface area contributed by atoms with Crippen molar-refractivity contribution < 1.29 is 28.5 Å². The lowest BCUT2D eigenvalue weighted by molar-refractivity contribution is -0.148. The molecule has 0 unspecified atom stereocenters. The number of benzene rings is 2. The van der Waals surface area contributed by atoms with Crippen LogP contribution in [0.2, 0.25) is 0 Å². The molecule has 0 aliphatic carbocycles. The molecule has 30 heavy (non-hydrogen) atoms. The van der Waals surface area contributed by atoms with E-state index in [1.54, 1.807) is 25.1 Å². The molecule has 0 heterocycles. The molecule has 0 aromatic heterocycles. The molecule has 0 aliphatic rings. The number of carboxylic acid groups (broad SMARTS) is 1. The number of aryl methyl sites for hydroxylation is 1. The maximum atomic E-state index is 12.5. The fraction of sp³-hybridized carbons (Fsp3) is 0.364. The molecule has 1 N–H and O–H groups in total. The van der Waals surface area contributed by atoms with Crippen LogP contribution in [-0.2, 0) is 27.1 Å². The van der Waals surface area contributed by atoms with Crippen LogP contribution in [-0.4, -0.2) is 48.0 Å². The Morgan fingerprint density at radius 1 is 1.10 bits per heavy atom. The smallest absolute Gasteiger partial charge is 0.410 e. The number of ether oxygens (including phenoxy) is 1. The highest BCUT2D eigenvalue weighted by Gasteiger charge is 2.41. The molecule has 1 amide bonds. The Balaban J connectivity index is 2.16. The number of nitrogens with zero attached hydrogens (tertiary/aromatic N) is 1. The molecule has 0 bridgehead atoms. The summed E-state index contributed by atoms with van der Waals surface area (Å²) in [6.45, 7) is 6.38. The molecule has 0 aliphatic heterocycles. The van der Waals surface area contributed by atoms with Gasteiger partial charge < -0.3 is 14.4 Å². The molecule has 1 atom stereocenters. The molecule has 7 nitrogen and oxygen atoms in total. The molecular formula is C22H28NO6P. The van der Waals surface area contributed by atoms with Crippen molar-refractivity contribution in [1.82, 2.24) is 4.90 Å². The number of carbonyl (C=O) groups excluding carboxylic acids is 1. The Kier molecular flexibility index (Phi) is 7.32. The largest absolute Gasteiger partial charge is 0.479 e. The number of carbonyl (C=O) groups is 2. The number of carboxylic acids is 1. The fourth-order valence-corrected chi connectivity index (χ4v) is 3.59. The van der Waals surface area contributed by atoms with Gasteiger partial charge in [-0.2, -0.15) is 0 Å². The highest BCUT2D eigenvalue weighted by atomic mass is 31.2. The van der Waals surface area contributed by atoms with E-state index in [1.807, 2.05) is 30.3 Å². The Bertz CT molecular complexity index is 955. The molecule has 162 valence electrons. The summed E-state index contributed by atoms with van der Waals surface area (Å²) in [6.07, 6.45) is -0.658. The second-order valence-corrected chi connectivity index (χ2v) is 10.5. The summed E-state index contributed by atoms with van der Waals surface area (Å²) in [5, 5.41) is 9.86. The van der Waals surface area contributed by atoms with Gasteiger partial charge in [0.05, 0.1) is 0 Å². The van der Waals surface area contributed by atoms with E-state index in [2.05, 4.69) is 0 Å². The summed E-state index contributed by atoms with van der Waals surface area (Å²) in [5.74, 6) is -0.661. The van der Waals surface area contributed by atoms with Crippen LogP contribution in [0.25, 0.3) is 0 Å². The number of hydrogen-bond donors (Lipinski definition) is 1. The van der Waals surface area contributed by atoms with E-state index >= 15 is 0 Å². The van der Waals surface area contributed by atoms with E-state index in [1.165, 1.54) is 27.3 Å². The fourth-order valence-electron chi connectivity index (χ4n) is 2.91. The number of rotatable bonds is 8. The van der Waals surface area contributed by atoms with Gasteiger partial charge in [0, 0.05) is 26.8 Å². The zero-order chi connectivity index (χ0) is 22.5. The maximum Gasteiger partial charge on any atom is 0.410 e. The third-order valence-electron chi connectivity index (χ3n) is 4.79. The van der Waals surface area contributed by atoms with E-state index in [0.717, 1.165) is 16.0 Å². The summed E-state index contributed by atoms with van der Waals surface area (Å²) >= 11 is 0. The predicted molar refractivity (Wildman–Crippen MR) is 115 cm³/mol. The standard InChI is InChI=1S/C22H28NO6P/c1-16-13-18(11-12-19(16)29-30(4,5)27)14-22(2,20(24)25)23(3)21(26)28-15-17-9-7-6-8-10-17/h6-13H,14-15H2,1-5H3,(H,24,25)/t22-/m0/s1. The molecule has 8 heteroatoms. The minimum Gasteiger partial charge on any atom is -0.479 e. The van der Waals surface area contributed by atoms with E-state index in [4.69, 9.17) is 9.26 Å². The quantitative estimate of drug-likeness (QED) is 0.613. The Hall–Kier alpha value is -2.79. The van der Waals surface area contributed by atoms with Gasteiger partial charge >= 0.3 is 12.1 Å². The highest BCUT2D eigenvalue weighted by molar-refractivity contribution is 7.57. The molecule has 2 rings (SSSR count). The summed E-state index contributed by atoms with van der Waals surface area (Å²) in [5.41, 5.74) is 0.729. The first-order chi connectivity index (χ1) is 13.9. The van der Waals surface area contributed by atoms with Gasteiger partial charge in [-0.05, 0) is 36.6 Å². The minimum absolute atomic E-state index is 0.0545. The van der Waals surface area contributed by atoms with Crippen molar-refractivity contribution in [2.75, 3.05) is 20.4 Å². The topological polar surface area (TPSA) is 93.1 Å². The third kappa shape index (κ3) is 6.10. The van der Waals surface area contributed by atoms with Crippen LogP contribution in [0.3, 0.4) is 0 Å². The number of hydrogen-bond acceptors (Lipinski definition) is 5. The van der Waals surface area contributed by atoms with Crippen LogP contribution >= 0.6 is 7.37 Å². The van der Waals surface area contributed by atoms with E-state index in [9.17, 15) is 19.3 Å². The number of aliphatic carboxylic acids is 1. The van der Waals surface area contributed by atoms with E-state index in [0.29, 0.717) is 11.3 Å². The first-order valence-electron chi connectivity index (χ1n) is 9.44. The zero-order valence-corrected chi connectivity index (χ0v) is 18.8. The van der Waals surface area contributed by atoms with E-state index in [-0.39, 0.29) is 13.0 Å². The van der Waals surface area contributed by atoms with Crippen molar-refractivity contribution in [3.63, 3.8) is 0 Å². The lowest BCUT2D eigenvalue weighted by Gasteiger charge is -2.34. The van der Waals surface area contributed by atoms with E-state index < -0.39 is 25.0 Å². The number of likely N-dealkylation sites (N-methyl/N-ethyl adjacent to an activating group) is 1. The van der Waals surface area contributed by atoms with Gasteiger partial charge in [0.2, 0.25) is 7.37 Å². The first-order valence-corrected chi connectivity index (χ1v) is 12.0. The van der Waals surface area contributed by atoms with Crippen LogP contribution in [0, 0.1) is 6.92 Å². The summed E-state index contributed by atoms with van der Waals surface area (Å²) < 4.78 is 22.7. The van der Waals surface area contributed by atoms with Crippen LogP contribution < -0.4 is 4.52 Å². The van der Waals surface area contributed by atoms with Gasteiger partial charge in [-0.15, -0.1) is 0 Å². The van der Waals surface area contributed by atoms with Crippen molar-refractivity contribution in [3.8, 4) is 5.75 Å². The normalized spacial score (nSPS) is 13.2. The summed E-state index contributed by atoms with van der Waals surface area (Å²) in [6, 6.07) is 14.3. The monoisotopic (exact) mass is 433 g/mol. The van der Waals surface area contributed by atoms with Crippen molar-refractivity contribution in [2.45, 2.75) is 32.4 Å². The molecule has 0 saturated carbocycles. The van der Waals surface area contributed by atoms with Crippen LogP contribution in [0.15, 0.2) is 48.5 Å². The summed E-state index contributed by atoms with van der Waals surface area (Å²) in [7, 11) is -1.30. The Morgan fingerprint density at radius 2 is 1.73 bits per heavy atom. The van der Waals surface area contributed by atoms with Crippen LogP contribution in [0.5, 0.6) is 5.75 Å². The Morgan fingerprint density at radius 3 is 2.27 bits per heavy atom. The van der Waals surface area contributed by atoms with Gasteiger partial charge in [-0.1, -0.05) is 42.5 Å². The molecule has 2 aromatic carbocycles. The Labute approximate surface area is 177 Å². The lowest BCUT2D eigenvalue weighted by Crippen LogP contribution is -2.54. The van der Waals surface area contributed by atoms with Gasteiger partial charge in [-0.25, -0.2) is 9.59 Å².